The molecule has 0 spiro atoms. The van der Waals surface area contributed by atoms with Crippen LogP contribution in [0, 0.1) is 17.7 Å². The second-order valence-corrected chi connectivity index (χ2v) is 7.72. The minimum absolute atomic E-state index is 0.200. The zero-order valence-electron chi connectivity index (χ0n) is 14.2. The largest absolute Gasteiger partial charge is 0.381 e. The van der Waals surface area contributed by atoms with E-state index >= 15 is 0 Å². The molecule has 3 fully saturated rings. The van der Waals surface area contributed by atoms with Gasteiger partial charge in [-0.1, -0.05) is 25.0 Å². The maximum Gasteiger partial charge on any atom is 0.233 e. The predicted molar refractivity (Wildman–Crippen MR) is 90.2 cm³/mol. The number of ether oxygens (including phenoxy) is 1. The van der Waals surface area contributed by atoms with E-state index in [0.29, 0.717) is 37.9 Å². The Bertz CT molecular complexity index is 597. The molecule has 1 aliphatic carbocycles. The van der Waals surface area contributed by atoms with E-state index in [1.54, 1.807) is 12.1 Å². The lowest BCUT2D eigenvalue weighted by Crippen LogP contribution is -2.49. The second kappa shape index (κ2) is 6.47. The zero-order valence-corrected chi connectivity index (χ0v) is 14.2. The fourth-order valence-corrected chi connectivity index (χ4v) is 5.01. The Morgan fingerprint density at radius 3 is 2.42 bits per heavy atom. The normalized spacial score (nSPS) is 29.3. The summed E-state index contributed by atoms with van der Waals surface area (Å²) in [7, 11) is 0. The van der Waals surface area contributed by atoms with Crippen LogP contribution in [0.25, 0.3) is 0 Å². The van der Waals surface area contributed by atoms with Gasteiger partial charge in [-0.05, 0) is 55.2 Å². The lowest BCUT2D eigenvalue weighted by molar-refractivity contribution is -0.140. The van der Waals surface area contributed by atoms with E-state index in [9.17, 15) is 9.18 Å². The van der Waals surface area contributed by atoms with Crippen LogP contribution < -0.4 is 0 Å². The monoisotopic (exact) mass is 331 g/mol. The van der Waals surface area contributed by atoms with Crippen molar-refractivity contribution in [1.29, 1.82) is 0 Å². The Balaban J connectivity index is 1.63. The highest BCUT2D eigenvalue weighted by molar-refractivity contribution is 5.88. The summed E-state index contributed by atoms with van der Waals surface area (Å²) in [5.74, 6) is 1.28. The number of benzene rings is 1. The van der Waals surface area contributed by atoms with E-state index in [-0.39, 0.29) is 11.7 Å². The summed E-state index contributed by atoms with van der Waals surface area (Å²) in [6.45, 7) is 2.93. The number of likely N-dealkylation sites (tertiary alicyclic amines) is 1. The van der Waals surface area contributed by atoms with E-state index in [0.717, 1.165) is 18.7 Å². The molecular weight excluding hydrogens is 305 g/mol. The van der Waals surface area contributed by atoms with Crippen molar-refractivity contribution in [2.24, 2.45) is 11.8 Å². The van der Waals surface area contributed by atoms with Crippen LogP contribution in [-0.2, 0) is 14.9 Å². The molecule has 2 heterocycles. The highest BCUT2D eigenvalue weighted by Gasteiger charge is 2.47. The topological polar surface area (TPSA) is 29.5 Å². The number of nitrogens with zero attached hydrogens (tertiary/aromatic N) is 1. The summed E-state index contributed by atoms with van der Waals surface area (Å²) in [5, 5.41) is 0. The van der Waals surface area contributed by atoms with Gasteiger partial charge >= 0.3 is 0 Å². The summed E-state index contributed by atoms with van der Waals surface area (Å²) >= 11 is 0. The Labute approximate surface area is 143 Å². The number of carbonyl (C=O) groups is 1. The number of halogens is 1. The summed E-state index contributed by atoms with van der Waals surface area (Å²) in [4.78, 5) is 15.6. The van der Waals surface area contributed by atoms with Crippen molar-refractivity contribution < 1.29 is 13.9 Å². The zero-order chi connectivity index (χ0) is 16.6. The highest BCUT2D eigenvalue weighted by Crippen LogP contribution is 2.41. The first-order chi connectivity index (χ1) is 11.7. The molecule has 2 aliphatic heterocycles. The summed E-state index contributed by atoms with van der Waals surface area (Å²) in [5.41, 5.74) is 0.221. The van der Waals surface area contributed by atoms with Crippen molar-refractivity contribution >= 4 is 5.91 Å². The van der Waals surface area contributed by atoms with Crippen LogP contribution >= 0.6 is 0 Å². The molecule has 0 N–H and O–H groups in total. The van der Waals surface area contributed by atoms with Gasteiger partial charge in [-0.3, -0.25) is 4.79 Å². The molecule has 4 heteroatoms. The lowest BCUT2D eigenvalue weighted by Gasteiger charge is -2.39. The van der Waals surface area contributed by atoms with Crippen LogP contribution in [0.5, 0.6) is 0 Å². The van der Waals surface area contributed by atoms with Crippen LogP contribution in [0.3, 0.4) is 0 Å². The summed E-state index contributed by atoms with van der Waals surface area (Å²) in [6.07, 6.45) is 6.41. The van der Waals surface area contributed by atoms with Crippen molar-refractivity contribution in [1.82, 2.24) is 4.90 Å². The minimum atomic E-state index is -0.603. The van der Waals surface area contributed by atoms with Gasteiger partial charge in [-0.2, -0.15) is 0 Å². The van der Waals surface area contributed by atoms with Crippen molar-refractivity contribution in [2.75, 3.05) is 26.3 Å². The molecule has 4 rings (SSSR count). The van der Waals surface area contributed by atoms with Crippen molar-refractivity contribution in [3.05, 3.63) is 35.6 Å². The number of fused-ring (bicyclic) bond motifs is 1. The van der Waals surface area contributed by atoms with Crippen LogP contribution in [0.4, 0.5) is 4.39 Å². The van der Waals surface area contributed by atoms with Gasteiger partial charge in [0.2, 0.25) is 5.91 Å². The molecule has 3 nitrogen and oxygen atoms in total. The number of hydrogen-bond donors (Lipinski definition) is 0. The summed E-state index contributed by atoms with van der Waals surface area (Å²) < 4.78 is 19.3. The smallest absolute Gasteiger partial charge is 0.233 e. The molecule has 3 aliphatic rings. The molecule has 24 heavy (non-hydrogen) atoms. The first kappa shape index (κ1) is 16.1. The second-order valence-electron chi connectivity index (χ2n) is 7.72. The van der Waals surface area contributed by atoms with Gasteiger partial charge in [-0.25, -0.2) is 4.39 Å². The van der Waals surface area contributed by atoms with Gasteiger partial charge in [0.1, 0.15) is 5.82 Å². The Morgan fingerprint density at radius 2 is 1.79 bits per heavy atom. The number of rotatable bonds is 2. The molecule has 2 atom stereocenters. The molecule has 130 valence electrons. The van der Waals surface area contributed by atoms with Gasteiger partial charge in [0, 0.05) is 26.3 Å². The third kappa shape index (κ3) is 2.75. The highest BCUT2D eigenvalue weighted by atomic mass is 19.1. The number of carbonyl (C=O) groups excluding carboxylic acids is 1. The van der Waals surface area contributed by atoms with E-state index < -0.39 is 5.41 Å². The van der Waals surface area contributed by atoms with Gasteiger partial charge in [0.05, 0.1) is 5.41 Å². The molecule has 1 saturated carbocycles. The van der Waals surface area contributed by atoms with Crippen LogP contribution in [0.1, 0.15) is 44.1 Å². The maximum atomic E-state index is 13.8. The lowest BCUT2D eigenvalue weighted by atomic mass is 9.73. The Morgan fingerprint density at radius 1 is 1.12 bits per heavy atom. The third-order valence-electron chi connectivity index (χ3n) is 6.40. The SMILES string of the molecule is O=C(N1C[C@H]2CCCC[C@@H]2C1)C1(c2cccc(F)c2)CCOCC1. The number of amides is 1. The van der Waals surface area contributed by atoms with Gasteiger partial charge < -0.3 is 9.64 Å². The molecule has 0 bridgehead atoms. The van der Waals surface area contributed by atoms with Crippen LogP contribution in [0.2, 0.25) is 0 Å². The average Bonchev–Trinajstić information content (AvgIpc) is 3.06. The van der Waals surface area contributed by atoms with Crippen LogP contribution in [-0.4, -0.2) is 37.1 Å². The molecule has 0 aromatic heterocycles. The molecular formula is C20H26FNO2. The molecule has 1 aromatic rings. The fraction of sp³-hybridized carbons (Fsp3) is 0.650. The quantitative estimate of drug-likeness (QED) is 0.830. The van der Waals surface area contributed by atoms with Crippen molar-refractivity contribution in [2.45, 2.75) is 43.9 Å². The Hall–Kier alpha value is -1.42. The third-order valence-corrected chi connectivity index (χ3v) is 6.40. The average molecular weight is 331 g/mol. The molecule has 1 amide bonds. The first-order valence-corrected chi connectivity index (χ1v) is 9.32. The summed E-state index contributed by atoms with van der Waals surface area (Å²) in [6, 6.07) is 6.63. The molecule has 0 radical (unpaired) electrons. The van der Waals surface area contributed by atoms with Crippen molar-refractivity contribution in [3.63, 3.8) is 0 Å². The standard InChI is InChI=1S/C20H26FNO2/c21-18-7-3-6-17(12-18)20(8-10-24-11-9-20)19(23)22-13-15-4-1-2-5-16(15)14-22/h3,6-7,12,15-16H,1-2,4-5,8-11,13-14H2/t15-,16-/m1/s1. The van der Waals surface area contributed by atoms with Gasteiger partial charge in [-0.15, -0.1) is 0 Å². The Kier molecular flexibility index (Phi) is 4.33. The van der Waals surface area contributed by atoms with Gasteiger partial charge in [0.15, 0.2) is 0 Å². The predicted octanol–water partition coefficient (Wildman–Crippen LogP) is 3.52. The van der Waals surface area contributed by atoms with Gasteiger partial charge in [0.25, 0.3) is 0 Å². The molecule has 0 unspecified atom stereocenters. The maximum absolute atomic E-state index is 13.8. The fourth-order valence-electron chi connectivity index (χ4n) is 5.01. The minimum Gasteiger partial charge on any atom is -0.381 e. The van der Waals surface area contributed by atoms with Crippen LogP contribution in [0.15, 0.2) is 24.3 Å². The van der Waals surface area contributed by atoms with E-state index in [4.69, 9.17) is 4.74 Å². The van der Waals surface area contributed by atoms with E-state index in [1.165, 1.54) is 31.7 Å². The van der Waals surface area contributed by atoms with E-state index in [2.05, 4.69) is 4.90 Å². The first-order valence-electron chi connectivity index (χ1n) is 9.32. The molecule has 1 aromatic carbocycles. The van der Waals surface area contributed by atoms with Crippen molar-refractivity contribution in [3.8, 4) is 0 Å². The number of hydrogen-bond acceptors (Lipinski definition) is 2. The van der Waals surface area contributed by atoms with E-state index in [1.807, 2.05) is 6.07 Å². The molecule has 2 saturated heterocycles.